The van der Waals surface area contributed by atoms with Crippen molar-refractivity contribution >= 4 is 6.16 Å². The van der Waals surface area contributed by atoms with Crippen molar-refractivity contribution < 1.29 is 14.3 Å². The summed E-state index contributed by atoms with van der Waals surface area (Å²) in [6, 6.07) is 32.9. The molecule has 0 saturated carbocycles. The minimum Gasteiger partial charge on any atom is -0.394 e. The summed E-state index contributed by atoms with van der Waals surface area (Å²) in [5.74, 6) is 0.958. The van der Waals surface area contributed by atoms with Gasteiger partial charge in [0, 0.05) is 11.1 Å². The molecule has 0 amide bonds. The molecule has 0 aliphatic carbocycles. The van der Waals surface area contributed by atoms with Gasteiger partial charge in [0.1, 0.15) is 11.5 Å². The zero-order valence-corrected chi connectivity index (χ0v) is 16.0. The lowest BCUT2D eigenvalue weighted by molar-refractivity contribution is 0.152. The fraction of sp³-hybridized carbons (Fsp3) is 0.0385. The van der Waals surface area contributed by atoms with Crippen LogP contribution in [-0.2, 0) is 0 Å². The molecule has 142 valence electrons. The summed E-state index contributed by atoms with van der Waals surface area (Å²) in [6.45, 7) is 1.88. The zero-order chi connectivity index (χ0) is 20.1. The lowest BCUT2D eigenvalue weighted by atomic mass is 9.97. The second kappa shape index (κ2) is 8.44. The van der Waals surface area contributed by atoms with Crippen LogP contribution in [-0.4, -0.2) is 6.16 Å². The molecule has 0 aliphatic rings. The van der Waals surface area contributed by atoms with Gasteiger partial charge in [-0.3, -0.25) is 0 Å². The maximum absolute atomic E-state index is 12.7. The first-order valence-electron chi connectivity index (χ1n) is 9.41. The van der Waals surface area contributed by atoms with E-state index in [1.165, 1.54) is 0 Å². The molecule has 0 radical (unpaired) electrons. The van der Waals surface area contributed by atoms with E-state index in [1.54, 1.807) is 6.07 Å². The number of carbonyl (C=O) groups excluding carboxylic acids is 1. The molecule has 0 bridgehead atoms. The number of ether oxygens (including phenoxy) is 2. The number of carbonyl (C=O) groups is 1. The molecule has 0 aromatic heterocycles. The van der Waals surface area contributed by atoms with Gasteiger partial charge in [0.05, 0.1) is 0 Å². The predicted molar refractivity (Wildman–Crippen MR) is 115 cm³/mol. The zero-order valence-electron chi connectivity index (χ0n) is 16.0. The van der Waals surface area contributed by atoms with Gasteiger partial charge in [-0.15, -0.1) is 0 Å². The van der Waals surface area contributed by atoms with Gasteiger partial charge in [-0.1, -0.05) is 97.1 Å². The van der Waals surface area contributed by atoms with Crippen LogP contribution in [0.5, 0.6) is 11.5 Å². The Balaban J connectivity index is 1.75. The minimum atomic E-state index is -0.764. The highest BCUT2D eigenvalue weighted by Crippen LogP contribution is 2.39. The summed E-state index contributed by atoms with van der Waals surface area (Å²) < 4.78 is 11.3. The van der Waals surface area contributed by atoms with Gasteiger partial charge in [0.25, 0.3) is 0 Å². The standard InChI is InChI=1S/C26H20O3/c1-19-11-8-9-18-24(19)28-26(27)29-25-22(20-12-4-2-5-13-20)16-10-17-23(25)21-14-6-3-7-15-21/h2-18H,1H3. The van der Waals surface area contributed by atoms with E-state index in [1.807, 2.05) is 104 Å². The first-order chi connectivity index (χ1) is 14.2. The first kappa shape index (κ1) is 18.5. The fourth-order valence-corrected chi connectivity index (χ4v) is 3.20. The number of aryl methyl sites for hydroxylation is 1. The quantitative estimate of drug-likeness (QED) is 0.285. The van der Waals surface area contributed by atoms with E-state index in [0.29, 0.717) is 11.5 Å². The van der Waals surface area contributed by atoms with Crippen molar-refractivity contribution in [3.63, 3.8) is 0 Å². The molecule has 0 atom stereocenters. The van der Waals surface area contributed by atoms with Crippen LogP contribution in [0.3, 0.4) is 0 Å². The molecule has 4 aromatic rings. The van der Waals surface area contributed by atoms with Crippen LogP contribution in [0.4, 0.5) is 4.79 Å². The van der Waals surface area contributed by atoms with Crippen molar-refractivity contribution in [3.8, 4) is 33.8 Å². The summed E-state index contributed by atoms with van der Waals surface area (Å²) in [5, 5.41) is 0. The molecule has 0 aliphatic heterocycles. The van der Waals surface area contributed by atoms with Crippen LogP contribution >= 0.6 is 0 Å². The van der Waals surface area contributed by atoms with Crippen LogP contribution in [0, 0.1) is 6.92 Å². The average Bonchev–Trinajstić information content (AvgIpc) is 2.77. The number of hydrogen-bond acceptors (Lipinski definition) is 3. The third-order valence-electron chi connectivity index (χ3n) is 4.66. The highest BCUT2D eigenvalue weighted by Gasteiger charge is 2.18. The largest absolute Gasteiger partial charge is 0.519 e. The highest BCUT2D eigenvalue weighted by molar-refractivity contribution is 5.85. The third-order valence-corrected chi connectivity index (χ3v) is 4.66. The minimum absolute atomic E-state index is 0.475. The summed E-state index contributed by atoms with van der Waals surface area (Å²) in [6.07, 6.45) is -0.764. The first-order valence-corrected chi connectivity index (χ1v) is 9.41. The molecule has 0 heterocycles. The lowest BCUT2D eigenvalue weighted by Gasteiger charge is -2.15. The van der Waals surface area contributed by atoms with E-state index in [0.717, 1.165) is 27.8 Å². The maximum Gasteiger partial charge on any atom is 0.519 e. The number of rotatable bonds is 4. The van der Waals surface area contributed by atoms with Crippen LogP contribution in [0.1, 0.15) is 5.56 Å². The predicted octanol–water partition coefficient (Wildman–Crippen LogP) is 6.91. The third kappa shape index (κ3) is 4.19. The van der Waals surface area contributed by atoms with Gasteiger partial charge >= 0.3 is 6.16 Å². The van der Waals surface area contributed by atoms with Crippen molar-refractivity contribution in [2.75, 3.05) is 0 Å². The summed E-state index contributed by atoms with van der Waals surface area (Å²) >= 11 is 0. The SMILES string of the molecule is Cc1ccccc1OC(=O)Oc1c(-c2ccccc2)cccc1-c1ccccc1. The van der Waals surface area contributed by atoms with Crippen molar-refractivity contribution in [1.29, 1.82) is 0 Å². The Hall–Kier alpha value is -3.85. The van der Waals surface area contributed by atoms with Gasteiger partial charge in [-0.2, -0.15) is 0 Å². The number of benzene rings is 4. The summed E-state index contributed by atoms with van der Waals surface area (Å²) in [5.41, 5.74) is 4.44. The fourth-order valence-electron chi connectivity index (χ4n) is 3.20. The van der Waals surface area contributed by atoms with E-state index in [-0.39, 0.29) is 0 Å². The van der Waals surface area contributed by atoms with Crippen LogP contribution < -0.4 is 9.47 Å². The topological polar surface area (TPSA) is 35.5 Å². The van der Waals surface area contributed by atoms with Crippen molar-refractivity contribution in [1.82, 2.24) is 0 Å². The smallest absolute Gasteiger partial charge is 0.394 e. The monoisotopic (exact) mass is 380 g/mol. The lowest BCUT2D eigenvalue weighted by Crippen LogP contribution is -2.15. The molecule has 4 rings (SSSR count). The van der Waals surface area contributed by atoms with E-state index < -0.39 is 6.16 Å². The van der Waals surface area contributed by atoms with Crippen LogP contribution in [0.2, 0.25) is 0 Å². The highest BCUT2D eigenvalue weighted by atomic mass is 16.7. The van der Waals surface area contributed by atoms with E-state index in [4.69, 9.17) is 9.47 Å². The molecule has 0 unspecified atom stereocenters. The van der Waals surface area contributed by atoms with Crippen molar-refractivity contribution in [2.45, 2.75) is 6.92 Å². The molecule has 0 N–H and O–H groups in total. The Kier molecular flexibility index (Phi) is 5.39. The Bertz CT molecular complexity index is 1060. The molecule has 0 spiro atoms. The average molecular weight is 380 g/mol. The number of hydrogen-bond donors (Lipinski definition) is 0. The molecule has 3 nitrogen and oxygen atoms in total. The second-order valence-corrected chi connectivity index (χ2v) is 6.63. The van der Waals surface area contributed by atoms with Gasteiger partial charge in [0.15, 0.2) is 0 Å². The molecule has 29 heavy (non-hydrogen) atoms. The molecule has 4 aromatic carbocycles. The second-order valence-electron chi connectivity index (χ2n) is 6.63. The van der Waals surface area contributed by atoms with E-state index in [9.17, 15) is 4.79 Å². The van der Waals surface area contributed by atoms with Crippen LogP contribution in [0.15, 0.2) is 103 Å². The van der Waals surface area contributed by atoms with Crippen molar-refractivity contribution in [3.05, 3.63) is 109 Å². The number of para-hydroxylation sites is 2. The van der Waals surface area contributed by atoms with Crippen molar-refractivity contribution in [2.24, 2.45) is 0 Å². The Labute approximate surface area is 170 Å². The van der Waals surface area contributed by atoms with Crippen LogP contribution in [0.25, 0.3) is 22.3 Å². The van der Waals surface area contributed by atoms with Gasteiger partial charge in [-0.05, 0) is 29.7 Å². The molecule has 3 heteroatoms. The summed E-state index contributed by atoms with van der Waals surface area (Å²) in [4.78, 5) is 12.7. The molecule has 0 fully saturated rings. The Morgan fingerprint density at radius 1 is 0.586 bits per heavy atom. The van der Waals surface area contributed by atoms with Gasteiger partial charge in [-0.25, -0.2) is 4.79 Å². The van der Waals surface area contributed by atoms with Gasteiger partial charge in [0.2, 0.25) is 0 Å². The van der Waals surface area contributed by atoms with E-state index in [2.05, 4.69) is 0 Å². The molecule has 0 saturated heterocycles. The normalized spacial score (nSPS) is 10.4. The van der Waals surface area contributed by atoms with E-state index >= 15 is 0 Å². The molecular formula is C26H20O3. The Morgan fingerprint density at radius 3 is 1.66 bits per heavy atom. The summed E-state index contributed by atoms with van der Waals surface area (Å²) in [7, 11) is 0. The van der Waals surface area contributed by atoms with Gasteiger partial charge < -0.3 is 9.47 Å². The maximum atomic E-state index is 12.7. The molecular weight excluding hydrogens is 360 g/mol. The Morgan fingerprint density at radius 2 is 1.10 bits per heavy atom.